The number of benzene rings is 1. The van der Waals surface area contributed by atoms with E-state index in [0.717, 1.165) is 10.9 Å². The first-order valence-corrected chi connectivity index (χ1v) is 4.15. The van der Waals surface area contributed by atoms with E-state index in [2.05, 4.69) is 4.98 Å². The van der Waals surface area contributed by atoms with Gasteiger partial charge in [-0.25, -0.2) is 0 Å². The van der Waals surface area contributed by atoms with E-state index in [-0.39, 0.29) is 11.5 Å². The van der Waals surface area contributed by atoms with Crippen LogP contribution in [0.3, 0.4) is 0 Å². The third-order valence-electron chi connectivity index (χ3n) is 1.89. The lowest BCUT2D eigenvalue weighted by Gasteiger charge is -2.03. The third kappa shape index (κ3) is 1.42. The molecule has 0 unspecified atom stereocenters. The van der Waals surface area contributed by atoms with Gasteiger partial charge in [-0.3, -0.25) is 4.79 Å². The molecule has 0 aliphatic carbocycles. The van der Waals surface area contributed by atoms with E-state index in [1.165, 1.54) is 6.92 Å². The van der Waals surface area contributed by atoms with E-state index in [0.29, 0.717) is 0 Å². The standard InChI is InChI=1S/C10H9NO3/c1-6(12)14-10-5-8-7(2-3-11-8)4-9(10)13/h2-5,11,13H,1H3. The predicted molar refractivity (Wildman–Crippen MR) is 51.3 cm³/mol. The van der Waals surface area contributed by atoms with Crippen molar-refractivity contribution in [2.45, 2.75) is 6.92 Å². The quantitative estimate of drug-likeness (QED) is 0.533. The maximum Gasteiger partial charge on any atom is 0.308 e. The molecule has 4 heteroatoms. The van der Waals surface area contributed by atoms with Crippen molar-refractivity contribution in [2.75, 3.05) is 0 Å². The number of hydrogen-bond donors (Lipinski definition) is 2. The normalized spacial score (nSPS) is 10.4. The minimum absolute atomic E-state index is 0.0349. The van der Waals surface area contributed by atoms with Crippen LogP contribution >= 0.6 is 0 Å². The number of carbonyl (C=O) groups excluding carboxylic acids is 1. The van der Waals surface area contributed by atoms with Gasteiger partial charge in [-0.1, -0.05) is 0 Å². The number of ether oxygens (including phenoxy) is 1. The molecule has 0 aliphatic heterocycles. The lowest BCUT2D eigenvalue weighted by atomic mass is 10.2. The molecule has 0 aliphatic rings. The summed E-state index contributed by atoms with van der Waals surface area (Å²) in [6.07, 6.45) is 1.75. The number of nitrogens with one attached hydrogen (secondary N) is 1. The average molecular weight is 191 g/mol. The molecule has 72 valence electrons. The molecule has 2 N–H and O–H groups in total. The van der Waals surface area contributed by atoms with Crippen LogP contribution in [0.1, 0.15) is 6.92 Å². The van der Waals surface area contributed by atoms with Crippen molar-refractivity contribution < 1.29 is 14.6 Å². The molecule has 0 saturated carbocycles. The van der Waals surface area contributed by atoms with Crippen LogP contribution in [-0.2, 0) is 4.79 Å². The first kappa shape index (κ1) is 8.62. The number of carbonyl (C=O) groups is 1. The van der Waals surface area contributed by atoms with Gasteiger partial charge in [0, 0.05) is 30.1 Å². The van der Waals surface area contributed by atoms with E-state index < -0.39 is 5.97 Å². The molecule has 0 spiro atoms. The van der Waals surface area contributed by atoms with E-state index >= 15 is 0 Å². The number of fused-ring (bicyclic) bond motifs is 1. The average Bonchev–Trinajstić information content (AvgIpc) is 2.51. The molecule has 0 atom stereocenters. The third-order valence-corrected chi connectivity index (χ3v) is 1.89. The summed E-state index contributed by atoms with van der Waals surface area (Å²) in [5.74, 6) is -0.314. The zero-order valence-electron chi connectivity index (χ0n) is 7.57. The van der Waals surface area contributed by atoms with Crippen molar-refractivity contribution in [1.82, 2.24) is 4.98 Å². The van der Waals surface area contributed by atoms with Crippen molar-refractivity contribution in [3.8, 4) is 11.5 Å². The molecule has 4 nitrogen and oxygen atoms in total. The molecule has 1 aromatic heterocycles. The molecular weight excluding hydrogens is 182 g/mol. The van der Waals surface area contributed by atoms with E-state index in [1.54, 1.807) is 18.3 Å². The molecule has 1 heterocycles. The van der Waals surface area contributed by atoms with Crippen molar-refractivity contribution in [3.63, 3.8) is 0 Å². The first-order valence-electron chi connectivity index (χ1n) is 4.15. The van der Waals surface area contributed by atoms with Crippen LogP contribution in [0.25, 0.3) is 10.9 Å². The van der Waals surface area contributed by atoms with Gasteiger partial charge >= 0.3 is 5.97 Å². The molecule has 0 amide bonds. The SMILES string of the molecule is CC(=O)Oc1cc2[nH]ccc2cc1O. The van der Waals surface area contributed by atoms with E-state index in [4.69, 9.17) is 4.74 Å². The second-order valence-corrected chi connectivity index (χ2v) is 2.98. The summed E-state index contributed by atoms with van der Waals surface area (Å²) in [5.41, 5.74) is 0.819. The van der Waals surface area contributed by atoms with Gasteiger partial charge in [-0.05, 0) is 12.1 Å². The number of hydrogen-bond acceptors (Lipinski definition) is 3. The lowest BCUT2D eigenvalue weighted by molar-refractivity contribution is -0.132. The van der Waals surface area contributed by atoms with Crippen LogP contribution < -0.4 is 4.74 Å². The number of aromatic nitrogens is 1. The van der Waals surface area contributed by atoms with Crippen LogP contribution in [0.2, 0.25) is 0 Å². The minimum Gasteiger partial charge on any atom is -0.504 e. The van der Waals surface area contributed by atoms with Gasteiger partial charge in [-0.15, -0.1) is 0 Å². The van der Waals surface area contributed by atoms with Crippen LogP contribution in [0.5, 0.6) is 11.5 Å². The highest BCUT2D eigenvalue weighted by atomic mass is 16.5. The lowest BCUT2D eigenvalue weighted by Crippen LogP contribution is -2.01. The topological polar surface area (TPSA) is 62.3 Å². The molecular formula is C10H9NO3. The highest BCUT2D eigenvalue weighted by Gasteiger charge is 2.07. The van der Waals surface area contributed by atoms with Crippen LogP contribution in [-0.4, -0.2) is 16.1 Å². The molecule has 0 bridgehead atoms. The summed E-state index contributed by atoms with van der Waals surface area (Å²) < 4.78 is 4.81. The number of aromatic hydroxyl groups is 1. The van der Waals surface area contributed by atoms with E-state index in [9.17, 15) is 9.90 Å². The Morgan fingerprint density at radius 2 is 2.29 bits per heavy atom. The molecule has 1 aromatic carbocycles. The van der Waals surface area contributed by atoms with Gasteiger partial charge in [0.1, 0.15) is 0 Å². The first-order chi connectivity index (χ1) is 6.66. The van der Waals surface area contributed by atoms with Crippen LogP contribution in [0.15, 0.2) is 24.4 Å². The number of rotatable bonds is 1. The largest absolute Gasteiger partial charge is 0.504 e. The monoisotopic (exact) mass is 191 g/mol. The number of phenolic OH excluding ortho intramolecular Hbond substituents is 1. The van der Waals surface area contributed by atoms with Crippen LogP contribution in [0.4, 0.5) is 0 Å². The number of aromatic amines is 1. The van der Waals surface area contributed by atoms with Crippen molar-refractivity contribution in [1.29, 1.82) is 0 Å². The summed E-state index contributed by atoms with van der Waals surface area (Å²) in [4.78, 5) is 13.7. The fourth-order valence-corrected chi connectivity index (χ4v) is 1.31. The Hall–Kier alpha value is -1.97. The summed E-state index contributed by atoms with van der Waals surface area (Å²) in [7, 11) is 0. The van der Waals surface area contributed by atoms with Crippen molar-refractivity contribution in [2.24, 2.45) is 0 Å². The number of esters is 1. The summed E-state index contributed by atoms with van der Waals surface area (Å²) in [6, 6.07) is 4.96. The summed E-state index contributed by atoms with van der Waals surface area (Å²) >= 11 is 0. The number of H-pyrrole nitrogens is 1. The zero-order valence-corrected chi connectivity index (χ0v) is 7.57. The van der Waals surface area contributed by atoms with Gasteiger partial charge < -0.3 is 14.8 Å². The van der Waals surface area contributed by atoms with Crippen LogP contribution in [0, 0.1) is 0 Å². The highest BCUT2D eigenvalue weighted by Crippen LogP contribution is 2.30. The van der Waals surface area contributed by atoms with Gasteiger partial charge in [0.15, 0.2) is 11.5 Å². The Morgan fingerprint density at radius 3 is 3.00 bits per heavy atom. The fourth-order valence-electron chi connectivity index (χ4n) is 1.31. The van der Waals surface area contributed by atoms with Crippen molar-refractivity contribution in [3.05, 3.63) is 24.4 Å². The smallest absolute Gasteiger partial charge is 0.308 e. The molecule has 0 radical (unpaired) electrons. The van der Waals surface area contributed by atoms with Gasteiger partial charge in [0.25, 0.3) is 0 Å². The Morgan fingerprint density at radius 1 is 1.50 bits per heavy atom. The second-order valence-electron chi connectivity index (χ2n) is 2.98. The summed E-state index contributed by atoms with van der Waals surface area (Å²) in [6.45, 7) is 1.29. The molecule has 0 fully saturated rings. The molecule has 2 aromatic rings. The Kier molecular flexibility index (Phi) is 1.89. The second kappa shape index (κ2) is 3.06. The van der Waals surface area contributed by atoms with Crippen molar-refractivity contribution >= 4 is 16.9 Å². The molecule has 2 rings (SSSR count). The Labute approximate surface area is 80.1 Å². The number of phenols is 1. The Balaban J connectivity index is 2.53. The van der Waals surface area contributed by atoms with Gasteiger partial charge in [0.2, 0.25) is 0 Å². The van der Waals surface area contributed by atoms with Gasteiger partial charge in [0.05, 0.1) is 0 Å². The Bertz CT molecular complexity index is 487. The van der Waals surface area contributed by atoms with Gasteiger partial charge in [-0.2, -0.15) is 0 Å². The fraction of sp³-hybridized carbons (Fsp3) is 0.100. The molecule has 0 saturated heterocycles. The molecule has 14 heavy (non-hydrogen) atoms. The summed E-state index contributed by atoms with van der Waals surface area (Å²) in [5, 5.41) is 10.4. The zero-order chi connectivity index (χ0) is 10.1. The maximum atomic E-state index is 10.7. The highest BCUT2D eigenvalue weighted by molar-refractivity contribution is 5.84. The van der Waals surface area contributed by atoms with E-state index in [1.807, 2.05) is 6.07 Å². The minimum atomic E-state index is -0.453. The predicted octanol–water partition coefficient (Wildman–Crippen LogP) is 1.80. The maximum absolute atomic E-state index is 10.7.